The second kappa shape index (κ2) is 7.22. The number of hydrogen-bond donors (Lipinski definition) is 3. The molecule has 2 aliphatic heterocycles. The van der Waals surface area contributed by atoms with Crippen molar-refractivity contribution in [1.82, 2.24) is 10.2 Å². The van der Waals surface area contributed by atoms with Crippen LogP contribution in [-0.2, 0) is 19.2 Å². The van der Waals surface area contributed by atoms with E-state index >= 15 is 0 Å². The summed E-state index contributed by atoms with van der Waals surface area (Å²) in [5, 5.41) is 24.2. The lowest BCUT2D eigenvalue weighted by Gasteiger charge is -2.49. The summed E-state index contributed by atoms with van der Waals surface area (Å²) in [6.45, 7) is -0.453. The molecule has 2 amide bonds. The molecule has 0 aromatic carbocycles. The number of aliphatic carboxylic acids is 1. The van der Waals surface area contributed by atoms with Crippen LogP contribution in [0.4, 0.5) is 0 Å². The summed E-state index contributed by atoms with van der Waals surface area (Å²) in [5.74, 6) is -2.15. The number of hydrogen-bond acceptors (Lipinski definition) is 8. The lowest BCUT2D eigenvalue weighted by atomic mass is 10.0. The average molecular weight is 381 g/mol. The molecule has 3 heterocycles. The molecule has 138 valence electrons. The van der Waals surface area contributed by atoms with Crippen LogP contribution < -0.4 is 5.32 Å². The molecule has 0 spiro atoms. The SMILES string of the molecule is CO/N=C(/C(=O)NC1C(=O)N2C(C(=O)O)=C(CO)CS[C@H]12)c1ccco1. The highest BCUT2D eigenvalue weighted by Crippen LogP contribution is 2.40. The van der Waals surface area contributed by atoms with Crippen LogP contribution in [0.5, 0.6) is 0 Å². The highest BCUT2D eigenvalue weighted by molar-refractivity contribution is 8.00. The van der Waals surface area contributed by atoms with Gasteiger partial charge in [-0.2, -0.15) is 0 Å². The maximum atomic E-state index is 12.5. The molecular weight excluding hydrogens is 366 g/mol. The topological polar surface area (TPSA) is 142 Å². The smallest absolute Gasteiger partial charge is 0.352 e. The number of amides is 2. The van der Waals surface area contributed by atoms with Gasteiger partial charge in [0.25, 0.3) is 11.8 Å². The third-order valence-electron chi connectivity index (χ3n) is 3.88. The van der Waals surface area contributed by atoms with Crippen molar-refractivity contribution in [1.29, 1.82) is 0 Å². The summed E-state index contributed by atoms with van der Waals surface area (Å²) in [5.41, 5.74) is -0.118. The van der Waals surface area contributed by atoms with Gasteiger partial charge in [0.1, 0.15) is 24.2 Å². The van der Waals surface area contributed by atoms with Gasteiger partial charge in [-0.25, -0.2) is 4.79 Å². The van der Waals surface area contributed by atoms with Crippen LogP contribution in [0.25, 0.3) is 0 Å². The number of β-lactam (4-membered cyclic amide) rings is 1. The van der Waals surface area contributed by atoms with E-state index in [1.807, 2.05) is 0 Å². The molecule has 0 saturated carbocycles. The molecular formula is C15H15N3O7S. The van der Waals surface area contributed by atoms with Gasteiger partial charge < -0.3 is 24.8 Å². The maximum Gasteiger partial charge on any atom is 0.352 e. The number of thioether (sulfide) groups is 1. The number of rotatable bonds is 6. The van der Waals surface area contributed by atoms with Crippen molar-refractivity contribution in [2.24, 2.45) is 5.16 Å². The molecule has 11 heteroatoms. The fourth-order valence-electron chi connectivity index (χ4n) is 2.72. The monoisotopic (exact) mass is 381 g/mol. The molecule has 1 fully saturated rings. The normalized spacial score (nSPS) is 22.6. The fraction of sp³-hybridized carbons (Fsp3) is 0.333. The van der Waals surface area contributed by atoms with Gasteiger partial charge in [0, 0.05) is 5.75 Å². The molecule has 1 saturated heterocycles. The Bertz CT molecular complexity index is 802. The standard InChI is InChI=1S/C15H15N3O7S/c1-24-17-9(8-3-2-4-25-8)12(20)16-10-13(21)18-11(15(22)23)7(5-19)6-26-14(10)18/h2-4,10,14,19H,5-6H2,1H3,(H,16,20)(H,22,23)/b17-9+/t10?,14-/m1/s1. The Morgan fingerprint density at radius 1 is 1.54 bits per heavy atom. The Morgan fingerprint density at radius 3 is 2.88 bits per heavy atom. The number of aliphatic hydroxyl groups is 1. The number of furan rings is 1. The number of carboxylic acids is 1. The first kappa shape index (κ1) is 18.0. The van der Waals surface area contributed by atoms with E-state index in [2.05, 4.69) is 15.3 Å². The van der Waals surface area contributed by atoms with Crippen molar-refractivity contribution in [2.75, 3.05) is 19.5 Å². The first-order chi connectivity index (χ1) is 12.5. The van der Waals surface area contributed by atoms with E-state index in [4.69, 9.17) is 4.42 Å². The summed E-state index contributed by atoms with van der Waals surface area (Å²) < 4.78 is 5.13. The zero-order valence-electron chi connectivity index (χ0n) is 13.5. The minimum absolute atomic E-state index is 0.144. The quantitative estimate of drug-likeness (QED) is 0.336. The van der Waals surface area contributed by atoms with E-state index in [1.54, 1.807) is 6.07 Å². The number of carboxylic acid groups (broad SMARTS) is 1. The molecule has 0 radical (unpaired) electrons. The van der Waals surface area contributed by atoms with Gasteiger partial charge in [-0.3, -0.25) is 14.5 Å². The lowest BCUT2D eigenvalue weighted by molar-refractivity contribution is -0.150. The zero-order valence-corrected chi connectivity index (χ0v) is 14.4. The highest BCUT2D eigenvalue weighted by Gasteiger charge is 2.54. The second-order valence-electron chi connectivity index (χ2n) is 5.38. The minimum atomic E-state index is -1.30. The van der Waals surface area contributed by atoms with Crippen molar-refractivity contribution in [3.63, 3.8) is 0 Å². The predicted octanol–water partition coefficient (Wildman–Crippen LogP) is -0.639. The van der Waals surface area contributed by atoms with Crippen molar-refractivity contribution in [2.45, 2.75) is 11.4 Å². The van der Waals surface area contributed by atoms with Crippen LogP contribution in [0, 0.1) is 0 Å². The molecule has 3 N–H and O–H groups in total. The number of carbonyl (C=O) groups is 3. The Hall–Kier alpha value is -2.79. The molecule has 1 unspecified atom stereocenters. The molecule has 0 aliphatic carbocycles. The van der Waals surface area contributed by atoms with Crippen molar-refractivity contribution in [3.8, 4) is 0 Å². The van der Waals surface area contributed by atoms with Crippen LogP contribution in [0.1, 0.15) is 5.76 Å². The van der Waals surface area contributed by atoms with Gasteiger partial charge in [-0.05, 0) is 17.7 Å². The molecule has 26 heavy (non-hydrogen) atoms. The van der Waals surface area contributed by atoms with Crippen LogP contribution in [0.2, 0.25) is 0 Å². The van der Waals surface area contributed by atoms with Gasteiger partial charge in [-0.1, -0.05) is 5.16 Å². The van der Waals surface area contributed by atoms with Gasteiger partial charge in [0.05, 0.1) is 12.9 Å². The summed E-state index contributed by atoms with van der Waals surface area (Å²) in [4.78, 5) is 42.0. The maximum absolute atomic E-state index is 12.5. The minimum Gasteiger partial charge on any atom is -0.477 e. The van der Waals surface area contributed by atoms with E-state index in [-0.39, 0.29) is 28.5 Å². The molecule has 3 rings (SSSR count). The van der Waals surface area contributed by atoms with Crippen LogP contribution >= 0.6 is 11.8 Å². The largest absolute Gasteiger partial charge is 0.477 e. The summed E-state index contributed by atoms with van der Waals surface area (Å²) in [7, 11) is 1.27. The third-order valence-corrected chi connectivity index (χ3v) is 5.22. The third kappa shape index (κ3) is 2.95. The van der Waals surface area contributed by atoms with Crippen molar-refractivity contribution < 1.29 is 33.9 Å². The fourth-order valence-corrected chi connectivity index (χ4v) is 4.05. The first-order valence-corrected chi connectivity index (χ1v) is 8.51. The van der Waals surface area contributed by atoms with E-state index in [0.717, 1.165) is 4.90 Å². The summed E-state index contributed by atoms with van der Waals surface area (Å²) in [6.07, 6.45) is 1.36. The van der Waals surface area contributed by atoms with Crippen LogP contribution in [0.3, 0.4) is 0 Å². The molecule has 2 aliphatic rings. The number of carbonyl (C=O) groups excluding carboxylic acids is 2. The predicted molar refractivity (Wildman–Crippen MR) is 89.0 cm³/mol. The van der Waals surface area contributed by atoms with Gasteiger partial charge in [0.15, 0.2) is 5.76 Å². The molecule has 1 aromatic rings. The number of nitrogens with zero attached hydrogens (tertiary/aromatic N) is 2. The molecule has 1 aromatic heterocycles. The Labute approximate surface area is 151 Å². The summed E-state index contributed by atoms with van der Waals surface area (Å²) >= 11 is 1.26. The summed E-state index contributed by atoms with van der Waals surface area (Å²) in [6, 6.07) is 2.17. The van der Waals surface area contributed by atoms with E-state index in [0.29, 0.717) is 0 Å². The van der Waals surface area contributed by atoms with Gasteiger partial charge in [-0.15, -0.1) is 11.8 Å². The lowest BCUT2D eigenvalue weighted by Crippen LogP contribution is -2.71. The van der Waals surface area contributed by atoms with Crippen molar-refractivity contribution in [3.05, 3.63) is 35.4 Å². The number of aliphatic hydroxyl groups excluding tert-OH is 1. The molecule has 0 bridgehead atoms. The van der Waals surface area contributed by atoms with Crippen molar-refractivity contribution >= 4 is 35.3 Å². The number of fused-ring (bicyclic) bond motifs is 1. The van der Waals surface area contributed by atoms with E-state index in [1.165, 1.54) is 31.2 Å². The van der Waals surface area contributed by atoms with E-state index in [9.17, 15) is 24.6 Å². The average Bonchev–Trinajstić information content (AvgIpc) is 3.16. The number of oxime groups is 1. The Kier molecular flexibility index (Phi) is 5.00. The van der Waals surface area contributed by atoms with Gasteiger partial charge in [0.2, 0.25) is 5.71 Å². The second-order valence-corrected chi connectivity index (χ2v) is 6.48. The molecule has 2 atom stereocenters. The Balaban J connectivity index is 1.78. The highest BCUT2D eigenvalue weighted by atomic mass is 32.2. The van der Waals surface area contributed by atoms with Crippen LogP contribution in [-0.4, -0.2) is 69.5 Å². The zero-order chi connectivity index (χ0) is 18.8. The van der Waals surface area contributed by atoms with Crippen LogP contribution in [0.15, 0.2) is 39.2 Å². The van der Waals surface area contributed by atoms with E-state index < -0.39 is 35.8 Å². The van der Waals surface area contributed by atoms with Gasteiger partial charge >= 0.3 is 5.97 Å². The number of nitrogens with one attached hydrogen (secondary N) is 1. The molecule has 10 nitrogen and oxygen atoms in total. The first-order valence-electron chi connectivity index (χ1n) is 7.46. The Morgan fingerprint density at radius 2 is 2.31 bits per heavy atom.